The van der Waals surface area contributed by atoms with E-state index in [1.807, 2.05) is 12.1 Å². The molecule has 0 fully saturated rings. The van der Waals surface area contributed by atoms with Crippen LogP contribution in [-0.4, -0.2) is 11.7 Å². The lowest BCUT2D eigenvalue weighted by atomic mass is 10.0. The molecule has 0 atom stereocenters. The maximum absolute atomic E-state index is 13.4. The van der Waals surface area contributed by atoms with Crippen LogP contribution in [0.25, 0.3) is 11.1 Å². The van der Waals surface area contributed by atoms with E-state index in [0.29, 0.717) is 17.0 Å². The van der Waals surface area contributed by atoms with Crippen molar-refractivity contribution >= 4 is 11.6 Å². The molecule has 0 amide bonds. The van der Waals surface area contributed by atoms with E-state index < -0.39 is 0 Å². The average Bonchev–Trinajstić information content (AvgIpc) is 2.33. The summed E-state index contributed by atoms with van der Waals surface area (Å²) in [6.45, 7) is -0.0546. The molecule has 3 heteroatoms. The van der Waals surface area contributed by atoms with Gasteiger partial charge in [0.05, 0.1) is 0 Å². The van der Waals surface area contributed by atoms with Crippen LogP contribution in [0.3, 0.4) is 0 Å². The fraction of sp³-hybridized carbons (Fsp3) is 0.143. The SMILES string of the molecule is OCCc1cc(-c2ccc(Cl)cc2)ccc1F. The molecule has 1 N–H and O–H groups in total. The summed E-state index contributed by atoms with van der Waals surface area (Å²) in [5.41, 5.74) is 2.43. The number of halogens is 2. The second kappa shape index (κ2) is 5.30. The van der Waals surface area contributed by atoms with Crippen LogP contribution in [0.5, 0.6) is 0 Å². The molecule has 2 aromatic rings. The molecule has 0 aliphatic rings. The van der Waals surface area contributed by atoms with E-state index in [-0.39, 0.29) is 12.4 Å². The molecule has 2 rings (SSSR count). The second-order valence-electron chi connectivity index (χ2n) is 3.79. The van der Waals surface area contributed by atoms with Crippen LogP contribution in [0.2, 0.25) is 5.02 Å². The summed E-state index contributed by atoms with van der Waals surface area (Å²) in [4.78, 5) is 0. The maximum Gasteiger partial charge on any atom is 0.126 e. The lowest BCUT2D eigenvalue weighted by Gasteiger charge is -2.06. The Morgan fingerprint density at radius 1 is 1.00 bits per heavy atom. The topological polar surface area (TPSA) is 20.2 Å². The molecule has 0 saturated heterocycles. The highest BCUT2D eigenvalue weighted by Gasteiger charge is 2.04. The molecular weight excluding hydrogens is 239 g/mol. The number of hydrogen-bond acceptors (Lipinski definition) is 1. The Morgan fingerprint density at radius 2 is 1.65 bits per heavy atom. The predicted molar refractivity (Wildman–Crippen MR) is 67.6 cm³/mol. The van der Waals surface area contributed by atoms with Crippen LogP contribution < -0.4 is 0 Å². The first-order valence-electron chi connectivity index (χ1n) is 5.36. The quantitative estimate of drug-likeness (QED) is 0.881. The minimum absolute atomic E-state index is 0.0546. The van der Waals surface area contributed by atoms with Crippen LogP contribution in [0.4, 0.5) is 4.39 Å². The van der Waals surface area contributed by atoms with Gasteiger partial charge in [-0.05, 0) is 47.4 Å². The summed E-state index contributed by atoms with van der Waals surface area (Å²) in [6.07, 6.45) is 0.327. The summed E-state index contributed by atoms with van der Waals surface area (Å²) in [5, 5.41) is 9.53. The molecule has 0 spiro atoms. The van der Waals surface area contributed by atoms with E-state index in [4.69, 9.17) is 16.7 Å². The van der Waals surface area contributed by atoms with Gasteiger partial charge < -0.3 is 5.11 Å². The van der Waals surface area contributed by atoms with Gasteiger partial charge in [0, 0.05) is 11.6 Å². The van der Waals surface area contributed by atoms with Crippen LogP contribution in [0.1, 0.15) is 5.56 Å². The third-order valence-corrected chi connectivity index (χ3v) is 2.86. The third kappa shape index (κ3) is 2.84. The summed E-state index contributed by atoms with van der Waals surface area (Å²) in [7, 11) is 0. The molecule has 0 heterocycles. The van der Waals surface area contributed by atoms with Gasteiger partial charge in [0.1, 0.15) is 5.82 Å². The molecule has 17 heavy (non-hydrogen) atoms. The zero-order valence-corrected chi connectivity index (χ0v) is 9.91. The number of rotatable bonds is 3. The average molecular weight is 251 g/mol. The second-order valence-corrected chi connectivity index (χ2v) is 4.22. The fourth-order valence-corrected chi connectivity index (χ4v) is 1.83. The van der Waals surface area contributed by atoms with E-state index in [2.05, 4.69) is 0 Å². The standard InChI is InChI=1S/C14H12ClFO/c15-13-4-1-10(2-5-13)11-3-6-14(16)12(9-11)7-8-17/h1-6,9,17H,7-8H2. The van der Waals surface area contributed by atoms with E-state index in [0.717, 1.165) is 11.1 Å². The van der Waals surface area contributed by atoms with Crippen molar-refractivity contribution in [2.75, 3.05) is 6.61 Å². The minimum atomic E-state index is -0.281. The largest absolute Gasteiger partial charge is 0.396 e. The van der Waals surface area contributed by atoms with Crippen LogP contribution in [0, 0.1) is 5.82 Å². The van der Waals surface area contributed by atoms with Crippen molar-refractivity contribution in [3.63, 3.8) is 0 Å². The highest BCUT2D eigenvalue weighted by Crippen LogP contribution is 2.23. The van der Waals surface area contributed by atoms with Crippen molar-refractivity contribution in [2.45, 2.75) is 6.42 Å². The van der Waals surface area contributed by atoms with Gasteiger partial charge in [0.25, 0.3) is 0 Å². The molecule has 88 valence electrons. The van der Waals surface area contributed by atoms with Gasteiger partial charge in [0.2, 0.25) is 0 Å². The Morgan fingerprint density at radius 3 is 2.29 bits per heavy atom. The Labute approximate surface area is 104 Å². The van der Waals surface area contributed by atoms with Crippen molar-refractivity contribution in [3.05, 3.63) is 58.9 Å². The summed E-state index contributed by atoms with van der Waals surface area (Å²) >= 11 is 5.81. The number of aliphatic hydroxyl groups excluding tert-OH is 1. The molecule has 0 aliphatic carbocycles. The summed E-state index contributed by atoms with van der Waals surface area (Å²) < 4.78 is 13.4. The normalized spacial score (nSPS) is 10.5. The molecule has 2 aromatic carbocycles. The summed E-state index contributed by atoms with van der Waals surface area (Å²) in [6, 6.07) is 12.3. The van der Waals surface area contributed by atoms with E-state index in [1.54, 1.807) is 24.3 Å². The Balaban J connectivity index is 2.39. The first kappa shape index (κ1) is 12.1. The van der Waals surface area contributed by atoms with Crippen LogP contribution >= 0.6 is 11.6 Å². The number of benzene rings is 2. The lowest BCUT2D eigenvalue weighted by molar-refractivity contribution is 0.297. The maximum atomic E-state index is 13.4. The van der Waals surface area contributed by atoms with E-state index in [1.165, 1.54) is 6.07 Å². The minimum Gasteiger partial charge on any atom is -0.396 e. The monoisotopic (exact) mass is 250 g/mol. The van der Waals surface area contributed by atoms with Gasteiger partial charge in [-0.15, -0.1) is 0 Å². The number of aliphatic hydroxyl groups is 1. The Kier molecular flexibility index (Phi) is 3.77. The van der Waals surface area contributed by atoms with E-state index in [9.17, 15) is 4.39 Å². The zero-order valence-electron chi connectivity index (χ0n) is 9.16. The molecular formula is C14H12ClFO. The predicted octanol–water partition coefficient (Wildman–Crippen LogP) is 3.68. The van der Waals surface area contributed by atoms with Crippen molar-refractivity contribution < 1.29 is 9.50 Å². The van der Waals surface area contributed by atoms with E-state index >= 15 is 0 Å². The van der Waals surface area contributed by atoms with Crippen molar-refractivity contribution in [3.8, 4) is 11.1 Å². The molecule has 0 saturated carbocycles. The van der Waals surface area contributed by atoms with Crippen LogP contribution in [0.15, 0.2) is 42.5 Å². The molecule has 0 unspecified atom stereocenters. The highest BCUT2D eigenvalue weighted by molar-refractivity contribution is 6.30. The Bertz CT molecular complexity index is 508. The smallest absolute Gasteiger partial charge is 0.126 e. The lowest BCUT2D eigenvalue weighted by Crippen LogP contribution is -1.95. The van der Waals surface area contributed by atoms with Crippen LogP contribution in [-0.2, 0) is 6.42 Å². The van der Waals surface area contributed by atoms with Crippen molar-refractivity contribution in [1.29, 1.82) is 0 Å². The zero-order chi connectivity index (χ0) is 12.3. The molecule has 0 aliphatic heterocycles. The molecule has 0 radical (unpaired) electrons. The molecule has 0 aromatic heterocycles. The first-order chi connectivity index (χ1) is 8.20. The van der Waals surface area contributed by atoms with Crippen molar-refractivity contribution in [2.24, 2.45) is 0 Å². The van der Waals surface area contributed by atoms with Gasteiger partial charge in [-0.3, -0.25) is 0 Å². The fourth-order valence-electron chi connectivity index (χ4n) is 1.71. The molecule has 0 bridgehead atoms. The van der Waals surface area contributed by atoms with Gasteiger partial charge in [0.15, 0.2) is 0 Å². The van der Waals surface area contributed by atoms with Crippen molar-refractivity contribution in [1.82, 2.24) is 0 Å². The van der Waals surface area contributed by atoms with Gasteiger partial charge >= 0.3 is 0 Å². The first-order valence-corrected chi connectivity index (χ1v) is 5.74. The Hall–Kier alpha value is -1.38. The third-order valence-electron chi connectivity index (χ3n) is 2.60. The van der Waals surface area contributed by atoms with Gasteiger partial charge in [-0.2, -0.15) is 0 Å². The summed E-state index contributed by atoms with van der Waals surface area (Å²) in [5.74, 6) is -0.281. The highest BCUT2D eigenvalue weighted by atomic mass is 35.5. The van der Waals surface area contributed by atoms with Gasteiger partial charge in [-0.25, -0.2) is 4.39 Å². The number of hydrogen-bond donors (Lipinski definition) is 1. The van der Waals surface area contributed by atoms with Gasteiger partial charge in [-0.1, -0.05) is 29.8 Å². The molecule has 1 nitrogen and oxygen atoms in total.